The zero-order valence-corrected chi connectivity index (χ0v) is 15.3. The predicted octanol–water partition coefficient (Wildman–Crippen LogP) is 3.76. The number of anilines is 1. The number of rotatable bonds is 3. The number of hydrogen-bond acceptors (Lipinski definition) is 6. The average Bonchev–Trinajstić information content (AvgIpc) is 3.06. The van der Waals surface area contributed by atoms with Gasteiger partial charge in [0.2, 0.25) is 0 Å². The summed E-state index contributed by atoms with van der Waals surface area (Å²) in [5.74, 6) is 0. The van der Waals surface area contributed by atoms with Gasteiger partial charge in [-0.05, 0) is 25.0 Å². The van der Waals surface area contributed by atoms with Crippen molar-refractivity contribution < 1.29 is 0 Å². The fourth-order valence-electron chi connectivity index (χ4n) is 3.15. The van der Waals surface area contributed by atoms with Gasteiger partial charge in [-0.3, -0.25) is 4.90 Å². The molecule has 0 radical (unpaired) electrons. The highest BCUT2D eigenvalue weighted by atomic mass is 32.1. The van der Waals surface area contributed by atoms with Crippen LogP contribution in [-0.2, 0) is 12.8 Å². The van der Waals surface area contributed by atoms with Gasteiger partial charge >= 0.3 is 0 Å². The monoisotopic (exact) mass is 356 g/mol. The Hall–Kier alpha value is -1.76. The molecule has 1 aliphatic heterocycles. The van der Waals surface area contributed by atoms with E-state index in [2.05, 4.69) is 52.1 Å². The van der Waals surface area contributed by atoms with Crippen molar-refractivity contribution >= 4 is 44.1 Å². The van der Waals surface area contributed by atoms with Crippen LogP contribution in [0.1, 0.15) is 21.1 Å². The average molecular weight is 357 g/mol. The number of nitrogens with zero attached hydrogens (tertiary/aromatic N) is 3. The minimum atomic E-state index is 0.710. The first kappa shape index (κ1) is 15.7. The molecule has 1 aromatic carbocycles. The van der Waals surface area contributed by atoms with Crippen LogP contribution in [0.25, 0.3) is 16.3 Å². The van der Waals surface area contributed by atoms with Crippen molar-refractivity contribution in [1.29, 1.82) is 0 Å². The molecule has 0 saturated heterocycles. The summed E-state index contributed by atoms with van der Waals surface area (Å²) in [6.45, 7) is 5.15. The van der Waals surface area contributed by atoms with Crippen LogP contribution in [0.4, 0.5) is 5.13 Å². The Morgan fingerprint density at radius 2 is 2.08 bits per heavy atom. The third kappa shape index (κ3) is 3.22. The predicted molar refractivity (Wildman–Crippen MR) is 104 cm³/mol. The number of benzene rings is 1. The molecule has 1 aliphatic rings. The van der Waals surface area contributed by atoms with Crippen molar-refractivity contribution in [2.24, 2.45) is 0 Å². The maximum absolute atomic E-state index is 5.81. The highest BCUT2D eigenvalue weighted by molar-refractivity contribution is 7.18. The molecule has 0 fully saturated rings. The van der Waals surface area contributed by atoms with E-state index >= 15 is 0 Å². The summed E-state index contributed by atoms with van der Waals surface area (Å²) in [7, 11) is 0. The van der Waals surface area contributed by atoms with Crippen LogP contribution < -0.4 is 5.73 Å². The molecule has 0 unspecified atom stereocenters. The molecule has 6 heteroatoms. The van der Waals surface area contributed by atoms with E-state index in [0.29, 0.717) is 5.13 Å². The summed E-state index contributed by atoms with van der Waals surface area (Å²) in [4.78, 5) is 12.9. The van der Waals surface area contributed by atoms with E-state index in [9.17, 15) is 0 Å². The van der Waals surface area contributed by atoms with Crippen molar-refractivity contribution in [2.75, 3.05) is 25.4 Å². The number of thiazole rings is 2. The van der Waals surface area contributed by atoms with Crippen LogP contribution in [-0.4, -0.2) is 34.5 Å². The Balaban J connectivity index is 1.43. The first-order valence-electron chi connectivity index (χ1n) is 8.18. The molecule has 3 heterocycles. The van der Waals surface area contributed by atoms with E-state index in [1.807, 2.05) is 0 Å². The zero-order valence-electron chi connectivity index (χ0n) is 13.7. The fourth-order valence-corrected chi connectivity index (χ4v) is 4.93. The Morgan fingerprint density at radius 3 is 3.00 bits per heavy atom. The molecule has 3 aromatic rings. The second kappa shape index (κ2) is 6.63. The Morgan fingerprint density at radius 1 is 1.21 bits per heavy atom. The molecule has 0 saturated carbocycles. The van der Waals surface area contributed by atoms with Gasteiger partial charge < -0.3 is 5.73 Å². The van der Waals surface area contributed by atoms with Gasteiger partial charge in [0.15, 0.2) is 5.13 Å². The van der Waals surface area contributed by atoms with E-state index in [0.717, 1.165) is 43.0 Å². The van der Waals surface area contributed by atoms with Gasteiger partial charge in [0.05, 0.1) is 20.9 Å². The molecule has 24 heavy (non-hydrogen) atoms. The summed E-state index contributed by atoms with van der Waals surface area (Å²) in [5, 5.41) is 1.83. The number of nitrogen functional groups attached to an aromatic ring is 1. The molecule has 2 aromatic heterocycles. The Bertz CT molecular complexity index is 868. The zero-order chi connectivity index (χ0) is 16.5. The molecule has 0 spiro atoms. The van der Waals surface area contributed by atoms with Crippen LogP contribution in [0.15, 0.2) is 24.3 Å². The minimum Gasteiger partial charge on any atom is -0.375 e. The van der Waals surface area contributed by atoms with Crippen molar-refractivity contribution in [3.63, 3.8) is 0 Å². The Labute approximate surface area is 149 Å². The number of fused-ring (bicyclic) bond motifs is 2. The molecule has 2 N–H and O–H groups in total. The van der Waals surface area contributed by atoms with Crippen LogP contribution in [0.5, 0.6) is 0 Å². The third-order valence-corrected chi connectivity index (χ3v) is 6.35. The largest absolute Gasteiger partial charge is 0.375 e. The van der Waals surface area contributed by atoms with Crippen LogP contribution in [0.2, 0.25) is 0 Å². The van der Waals surface area contributed by atoms with E-state index in [1.165, 1.54) is 20.8 Å². The topological polar surface area (TPSA) is 55.0 Å². The molecule has 4 rings (SSSR count). The quantitative estimate of drug-likeness (QED) is 0.776. The van der Waals surface area contributed by atoms with Gasteiger partial charge in [-0.1, -0.05) is 24.3 Å². The molecule has 4 nitrogen and oxygen atoms in total. The molecular formula is C18H20N4S2. The lowest BCUT2D eigenvalue weighted by Crippen LogP contribution is -2.26. The summed E-state index contributed by atoms with van der Waals surface area (Å²) >= 11 is 3.41. The summed E-state index contributed by atoms with van der Waals surface area (Å²) in [5.41, 5.74) is 9.38. The van der Waals surface area contributed by atoms with E-state index in [-0.39, 0.29) is 0 Å². The summed E-state index contributed by atoms with van der Waals surface area (Å²) in [6.07, 6.45) is 6.56. The normalized spacial score (nSPS) is 15.9. The maximum atomic E-state index is 5.81. The van der Waals surface area contributed by atoms with Gasteiger partial charge in [-0.2, -0.15) is 0 Å². The van der Waals surface area contributed by atoms with Crippen LogP contribution in [0.3, 0.4) is 0 Å². The lowest BCUT2D eigenvalue weighted by molar-refractivity contribution is 0.318. The van der Waals surface area contributed by atoms with Gasteiger partial charge in [0.1, 0.15) is 0 Å². The van der Waals surface area contributed by atoms with Crippen molar-refractivity contribution in [3.05, 3.63) is 45.4 Å². The SMILES string of the molecule is Cc1nc2cccc(/C=C/CN3CCc4nc(N)sc4CC3)c2s1. The molecular weight excluding hydrogens is 336 g/mol. The third-order valence-electron chi connectivity index (χ3n) is 4.33. The summed E-state index contributed by atoms with van der Waals surface area (Å²) in [6, 6.07) is 6.34. The number of aryl methyl sites for hydroxylation is 1. The maximum Gasteiger partial charge on any atom is 0.180 e. The van der Waals surface area contributed by atoms with Crippen molar-refractivity contribution in [3.8, 4) is 0 Å². The number of nitrogens with two attached hydrogens (primary N) is 1. The lowest BCUT2D eigenvalue weighted by Gasteiger charge is -2.17. The molecule has 0 amide bonds. The van der Waals surface area contributed by atoms with Gasteiger partial charge in [-0.15, -0.1) is 22.7 Å². The standard InChI is InChI=1S/C18H20N4S2/c1-12-20-15-6-2-4-13(17(15)23-12)5-3-9-22-10-7-14-16(8-11-22)24-18(19)21-14/h2-6H,7-11H2,1H3,(H2,19,21)/b5-3+. The fraction of sp³-hybridized carbons (Fsp3) is 0.333. The van der Waals surface area contributed by atoms with E-state index in [4.69, 9.17) is 5.73 Å². The van der Waals surface area contributed by atoms with Crippen LogP contribution in [0, 0.1) is 6.92 Å². The second-order valence-electron chi connectivity index (χ2n) is 6.05. The van der Waals surface area contributed by atoms with E-state index < -0.39 is 0 Å². The number of hydrogen-bond donors (Lipinski definition) is 1. The number of aromatic nitrogens is 2. The van der Waals surface area contributed by atoms with Gasteiger partial charge in [0.25, 0.3) is 0 Å². The lowest BCUT2D eigenvalue weighted by atomic mass is 10.2. The first-order valence-corrected chi connectivity index (χ1v) is 9.81. The Kier molecular flexibility index (Phi) is 4.35. The minimum absolute atomic E-state index is 0.710. The molecule has 0 atom stereocenters. The van der Waals surface area contributed by atoms with Gasteiger partial charge in [0, 0.05) is 30.9 Å². The molecule has 0 aliphatic carbocycles. The van der Waals surface area contributed by atoms with E-state index in [1.54, 1.807) is 22.7 Å². The van der Waals surface area contributed by atoms with Gasteiger partial charge in [-0.25, -0.2) is 9.97 Å². The highest BCUT2D eigenvalue weighted by Gasteiger charge is 2.16. The smallest absolute Gasteiger partial charge is 0.180 e. The molecule has 0 bridgehead atoms. The summed E-state index contributed by atoms with van der Waals surface area (Å²) < 4.78 is 1.28. The highest BCUT2D eigenvalue weighted by Crippen LogP contribution is 2.26. The van der Waals surface area contributed by atoms with Crippen molar-refractivity contribution in [2.45, 2.75) is 19.8 Å². The van der Waals surface area contributed by atoms with Crippen LogP contribution >= 0.6 is 22.7 Å². The second-order valence-corrected chi connectivity index (χ2v) is 8.37. The van der Waals surface area contributed by atoms with Crippen molar-refractivity contribution in [1.82, 2.24) is 14.9 Å². The molecule has 124 valence electrons. The first-order chi connectivity index (χ1) is 11.7.